The molecule has 0 amide bonds. The first-order valence-electron chi connectivity index (χ1n) is 7.23. The molecule has 1 aliphatic rings. The summed E-state index contributed by atoms with van der Waals surface area (Å²) in [5.74, 6) is -0.993. The van der Waals surface area contributed by atoms with E-state index < -0.39 is 5.97 Å². The van der Waals surface area contributed by atoms with E-state index in [-0.39, 0.29) is 18.6 Å². The maximum atomic E-state index is 10.1. The topological polar surface area (TPSA) is 70.5 Å². The molecule has 116 valence electrons. The molecule has 1 aromatic rings. The molecule has 1 aliphatic heterocycles. The number of hydrogen-bond donors (Lipinski definition) is 1. The fraction of sp³-hybridized carbons (Fsp3) is 0.562. The molecule has 21 heavy (non-hydrogen) atoms. The number of aromatic nitrogens is 1. The molecule has 0 saturated carbocycles. The minimum absolute atomic E-state index is 0.0463. The van der Waals surface area contributed by atoms with E-state index in [1.165, 1.54) is 37.4 Å². The lowest BCUT2D eigenvalue weighted by molar-refractivity contribution is -0.138. The van der Waals surface area contributed by atoms with Crippen molar-refractivity contribution in [1.29, 1.82) is 0 Å². The molecule has 2 heterocycles. The monoisotopic (exact) mass is 292 g/mol. The van der Waals surface area contributed by atoms with E-state index in [1.54, 1.807) is 0 Å². The van der Waals surface area contributed by atoms with E-state index >= 15 is 0 Å². The number of aliphatic carboxylic acids is 1. The van der Waals surface area contributed by atoms with Crippen molar-refractivity contribution >= 4 is 11.8 Å². The summed E-state index contributed by atoms with van der Waals surface area (Å²) < 4.78 is 0. The minimum Gasteiger partial charge on any atom is -0.481 e. The molecule has 1 saturated heterocycles. The van der Waals surface area contributed by atoms with Crippen molar-refractivity contribution in [3.63, 3.8) is 0 Å². The van der Waals surface area contributed by atoms with Crippen molar-refractivity contribution in [1.82, 2.24) is 9.88 Å². The summed E-state index contributed by atoms with van der Waals surface area (Å²) in [6.45, 7) is 4.77. The first kappa shape index (κ1) is 17.3. The predicted octanol–water partition coefficient (Wildman–Crippen LogP) is 2.60. The summed E-state index contributed by atoms with van der Waals surface area (Å²) >= 11 is 0. The number of carbonyl (C=O) groups excluding carboxylic acids is 1. The maximum absolute atomic E-state index is 10.1. The maximum Gasteiger partial charge on any atom is 0.303 e. The van der Waals surface area contributed by atoms with Crippen LogP contribution >= 0.6 is 0 Å². The third-order valence-corrected chi connectivity index (χ3v) is 3.65. The van der Waals surface area contributed by atoms with Crippen LogP contribution in [0.4, 0.5) is 0 Å². The van der Waals surface area contributed by atoms with Crippen molar-refractivity contribution < 1.29 is 14.7 Å². The molecule has 5 nitrogen and oxygen atoms in total. The van der Waals surface area contributed by atoms with Gasteiger partial charge in [0.2, 0.25) is 0 Å². The number of likely N-dealkylation sites (tertiary alicyclic amines) is 1. The molecule has 0 spiro atoms. The van der Waals surface area contributed by atoms with Gasteiger partial charge in [-0.25, -0.2) is 0 Å². The molecule has 1 atom stereocenters. The van der Waals surface area contributed by atoms with Gasteiger partial charge in [0.05, 0.1) is 6.42 Å². The Labute approximate surface area is 126 Å². The number of ketones is 1. The highest BCUT2D eigenvalue weighted by atomic mass is 16.4. The second kappa shape index (κ2) is 8.52. The van der Waals surface area contributed by atoms with Crippen LogP contribution in [-0.2, 0) is 9.59 Å². The fourth-order valence-corrected chi connectivity index (χ4v) is 2.41. The van der Waals surface area contributed by atoms with E-state index in [4.69, 9.17) is 5.11 Å². The molecule has 1 aromatic heterocycles. The number of hydrogen-bond acceptors (Lipinski definition) is 4. The van der Waals surface area contributed by atoms with Gasteiger partial charge in [-0.15, -0.1) is 0 Å². The second-order valence-corrected chi connectivity index (χ2v) is 5.47. The number of carboxylic acids is 1. The molecular weight excluding hydrogens is 268 g/mol. The summed E-state index contributed by atoms with van der Waals surface area (Å²) in [5.41, 5.74) is 2.77. The van der Waals surface area contributed by atoms with Crippen LogP contribution in [0, 0.1) is 6.92 Å². The van der Waals surface area contributed by atoms with Gasteiger partial charge in [-0.1, -0.05) is 0 Å². The Morgan fingerprint density at radius 1 is 1.43 bits per heavy atom. The Hall–Kier alpha value is -1.75. The third kappa shape index (κ3) is 6.04. The van der Waals surface area contributed by atoms with Gasteiger partial charge < -0.3 is 9.90 Å². The number of pyridine rings is 1. The zero-order chi connectivity index (χ0) is 15.8. The summed E-state index contributed by atoms with van der Waals surface area (Å²) in [4.78, 5) is 26.5. The Balaban J connectivity index is 0.000000240. The van der Waals surface area contributed by atoms with E-state index in [9.17, 15) is 9.59 Å². The van der Waals surface area contributed by atoms with E-state index in [0.29, 0.717) is 6.04 Å². The van der Waals surface area contributed by atoms with Crippen LogP contribution in [0.3, 0.4) is 0 Å². The summed E-state index contributed by atoms with van der Waals surface area (Å²) in [6.07, 6.45) is 6.58. The smallest absolute Gasteiger partial charge is 0.303 e. The highest BCUT2D eigenvalue weighted by Gasteiger charge is 2.23. The number of Topliss-reactive ketones (excluding diaryl/α,β-unsaturated/α-hetero) is 1. The van der Waals surface area contributed by atoms with Gasteiger partial charge in [0.1, 0.15) is 5.78 Å². The highest BCUT2D eigenvalue weighted by molar-refractivity contribution is 5.80. The quantitative estimate of drug-likeness (QED) is 0.923. The first-order chi connectivity index (χ1) is 9.91. The predicted molar refractivity (Wildman–Crippen MR) is 81.1 cm³/mol. The van der Waals surface area contributed by atoms with Crippen LogP contribution in [0.15, 0.2) is 18.5 Å². The van der Waals surface area contributed by atoms with Gasteiger partial charge >= 0.3 is 5.97 Å². The number of carbonyl (C=O) groups is 2. The fourth-order valence-electron chi connectivity index (χ4n) is 2.41. The second-order valence-electron chi connectivity index (χ2n) is 5.47. The van der Waals surface area contributed by atoms with Gasteiger partial charge in [0.25, 0.3) is 0 Å². The highest BCUT2D eigenvalue weighted by Crippen LogP contribution is 2.31. The lowest BCUT2D eigenvalue weighted by Crippen LogP contribution is -2.18. The third-order valence-electron chi connectivity index (χ3n) is 3.65. The molecule has 0 aromatic carbocycles. The average Bonchev–Trinajstić information content (AvgIpc) is 2.84. The van der Waals surface area contributed by atoms with Crippen LogP contribution in [0.1, 0.15) is 49.8 Å². The number of carboxylic acid groups (broad SMARTS) is 1. The molecular formula is C16H24N2O3. The number of aryl methyl sites for hydroxylation is 1. The molecule has 0 unspecified atom stereocenters. The molecule has 0 aliphatic carbocycles. The van der Waals surface area contributed by atoms with Crippen LogP contribution in [0.25, 0.3) is 0 Å². The largest absolute Gasteiger partial charge is 0.481 e. The molecule has 5 heteroatoms. The van der Waals surface area contributed by atoms with Crippen molar-refractivity contribution in [3.05, 3.63) is 29.6 Å². The van der Waals surface area contributed by atoms with Gasteiger partial charge in [-0.05, 0) is 57.5 Å². The molecule has 0 radical (unpaired) electrons. The standard InChI is InChI=1S/C11H16N2.C5H8O3/c1-9-5-6-12-8-10(9)11-4-3-7-13(11)2;1-4(6)2-3-5(7)8/h5-6,8,11H,3-4,7H2,1-2H3;2-3H2,1H3,(H,7,8)/t11-;/m0./s1. The van der Waals surface area contributed by atoms with Crippen molar-refractivity contribution in [2.24, 2.45) is 0 Å². The Kier molecular flexibility index (Phi) is 7.02. The Morgan fingerprint density at radius 2 is 2.14 bits per heavy atom. The van der Waals surface area contributed by atoms with Gasteiger partial charge in [0, 0.05) is 24.9 Å². The van der Waals surface area contributed by atoms with Gasteiger partial charge in [-0.3, -0.25) is 14.7 Å². The number of rotatable bonds is 4. The summed E-state index contributed by atoms with van der Waals surface area (Å²) in [7, 11) is 2.20. The average molecular weight is 292 g/mol. The van der Waals surface area contributed by atoms with Crippen LogP contribution in [-0.4, -0.2) is 40.3 Å². The van der Waals surface area contributed by atoms with E-state index in [1.807, 2.05) is 12.4 Å². The molecule has 1 fully saturated rings. The molecule has 2 rings (SSSR count). The van der Waals surface area contributed by atoms with E-state index in [2.05, 4.69) is 29.9 Å². The van der Waals surface area contributed by atoms with Crippen LogP contribution < -0.4 is 0 Å². The molecule has 0 bridgehead atoms. The SMILES string of the molecule is CC(=O)CCC(=O)O.Cc1ccncc1[C@@H]1CCCN1C. The zero-order valence-electron chi connectivity index (χ0n) is 13.0. The van der Waals surface area contributed by atoms with Crippen LogP contribution in [0.5, 0.6) is 0 Å². The van der Waals surface area contributed by atoms with Crippen molar-refractivity contribution in [3.8, 4) is 0 Å². The Morgan fingerprint density at radius 3 is 2.57 bits per heavy atom. The summed E-state index contributed by atoms with van der Waals surface area (Å²) in [6, 6.07) is 2.70. The Bertz CT molecular complexity index is 474. The lowest BCUT2D eigenvalue weighted by Gasteiger charge is -2.20. The van der Waals surface area contributed by atoms with Crippen molar-refractivity contribution in [2.45, 2.75) is 45.6 Å². The lowest BCUT2D eigenvalue weighted by atomic mass is 10.0. The van der Waals surface area contributed by atoms with Crippen molar-refractivity contribution in [2.75, 3.05) is 13.6 Å². The zero-order valence-corrected chi connectivity index (χ0v) is 13.0. The van der Waals surface area contributed by atoms with Crippen LogP contribution in [0.2, 0.25) is 0 Å². The van der Waals surface area contributed by atoms with E-state index in [0.717, 1.165) is 0 Å². The summed E-state index contributed by atoms with van der Waals surface area (Å²) in [5, 5.41) is 8.01. The number of nitrogens with zero attached hydrogens (tertiary/aromatic N) is 2. The van der Waals surface area contributed by atoms with Gasteiger partial charge in [0.15, 0.2) is 0 Å². The minimum atomic E-state index is -0.916. The van der Waals surface area contributed by atoms with Gasteiger partial charge in [-0.2, -0.15) is 0 Å². The normalized spacial score (nSPS) is 18.0. The molecule has 1 N–H and O–H groups in total. The first-order valence-corrected chi connectivity index (χ1v) is 7.23.